The van der Waals surface area contributed by atoms with E-state index in [0.29, 0.717) is 12.5 Å². The number of halogens is 2. The van der Waals surface area contributed by atoms with Gasteiger partial charge in [0.25, 0.3) is 0 Å². The van der Waals surface area contributed by atoms with E-state index in [4.69, 9.17) is 15.2 Å². The summed E-state index contributed by atoms with van der Waals surface area (Å²) in [6.45, 7) is 0.724. The number of anilines is 1. The molecule has 0 radical (unpaired) electrons. The zero-order chi connectivity index (χ0) is 16.5. The highest BCUT2D eigenvalue weighted by atomic mass is 127. The molecule has 0 amide bonds. The van der Waals surface area contributed by atoms with Crippen LogP contribution in [-0.4, -0.2) is 12.8 Å². The van der Waals surface area contributed by atoms with Crippen LogP contribution >= 0.6 is 39.9 Å². The Bertz CT molecular complexity index is 826. The summed E-state index contributed by atoms with van der Waals surface area (Å²) in [5.41, 5.74) is 10.9. The maximum absolute atomic E-state index is 6.02. The molecule has 0 spiro atoms. The number of nitrogens with one attached hydrogen (secondary N) is 1. The largest absolute Gasteiger partial charge is 0.454 e. The maximum Gasteiger partial charge on any atom is 0.231 e. The van der Waals surface area contributed by atoms with Crippen molar-refractivity contribution in [3.8, 4) is 11.5 Å². The fourth-order valence-electron chi connectivity index (χ4n) is 3.13. The number of nitrogens with zero attached hydrogens (tertiary/aromatic N) is 1. The number of hydrogen-bond donors (Lipinski definition) is 2. The fraction of sp³-hybridized carbons (Fsp3) is 0.278. The van der Waals surface area contributed by atoms with E-state index in [2.05, 4.69) is 44.4 Å². The molecule has 0 atom stereocenters. The van der Waals surface area contributed by atoms with Crippen LogP contribution in [0, 0.1) is 0 Å². The lowest BCUT2D eigenvalue weighted by atomic mass is 10.1. The molecular weight excluding hydrogens is 497 g/mol. The maximum atomic E-state index is 6.02. The minimum absolute atomic E-state index is 0. The first-order valence-electron chi connectivity index (χ1n) is 7.96. The van der Waals surface area contributed by atoms with Crippen molar-refractivity contribution in [1.29, 1.82) is 0 Å². The summed E-state index contributed by atoms with van der Waals surface area (Å²) >= 11 is 3.49. The van der Waals surface area contributed by atoms with Crippen molar-refractivity contribution in [3.05, 3.63) is 51.5 Å². The summed E-state index contributed by atoms with van der Waals surface area (Å²) in [6.07, 6.45) is 3.56. The monoisotopic (exact) mass is 515 g/mol. The number of nitrogens with two attached hydrogens (primary N) is 1. The highest BCUT2D eigenvalue weighted by Gasteiger charge is 2.17. The number of hydrogen-bond acceptors (Lipinski definition) is 3. The quantitative estimate of drug-likeness (QED) is 0.365. The number of fused-ring (bicyclic) bond motifs is 2. The first-order chi connectivity index (χ1) is 11.7. The van der Waals surface area contributed by atoms with E-state index < -0.39 is 0 Å². The van der Waals surface area contributed by atoms with E-state index in [0.717, 1.165) is 33.6 Å². The van der Waals surface area contributed by atoms with Gasteiger partial charge in [0.15, 0.2) is 17.5 Å². The molecule has 0 saturated carbocycles. The van der Waals surface area contributed by atoms with Gasteiger partial charge in [-0.3, -0.25) is 0 Å². The van der Waals surface area contributed by atoms with Crippen molar-refractivity contribution in [1.82, 2.24) is 0 Å². The van der Waals surface area contributed by atoms with Gasteiger partial charge in [-0.25, -0.2) is 4.99 Å². The predicted octanol–water partition coefficient (Wildman–Crippen LogP) is 4.21. The summed E-state index contributed by atoms with van der Waals surface area (Å²) in [7, 11) is 0. The van der Waals surface area contributed by atoms with Gasteiger partial charge >= 0.3 is 0 Å². The van der Waals surface area contributed by atoms with Crippen LogP contribution in [0.25, 0.3) is 0 Å². The fourth-order valence-corrected chi connectivity index (χ4v) is 3.73. The van der Waals surface area contributed by atoms with Crippen LogP contribution in [0.15, 0.2) is 39.8 Å². The lowest BCUT2D eigenvalue weighted by Gasteiger charge is -2.08. The van der Waals surface area contributed by atoms with Gasteiger partial charge in [-0.05, 0) is 76.1 Å². The van der Waals surface area contributed by atoms with Gasteiger partial charge in [0.2, 0.25) is 6.79 Å². The summed E-state index contributed by atoms with van der Waals surface area (Å²) in [6, 6.07) is 10.3. The SMILES string of the molecule is I.NC(=NCc1cc(Br)c2c(c1)OCO2)Nc1ccc2c(c1)CCC2. The Balaban J connectivity index is 0.00000182. The van der Waals surface area contributed by atoms with Crippen molar-refractivity contribution in [3.63, 3.8) is 0 Å². The molecule has 0 saturated heterocycles. The summed E-state index contributed by atoms with van der Waals surface area (Å²) in [5.74, 6) is 1.88. The van der Waals surface area contributed by atoms with E-state index in [1.165, 1.54) is 24.0 Å². The molecule has 1 heterocycles. The second-order valence-electron chi connectivity index (χ2n) is 5.97. The van der Waals surface area contributed by atoms with Crippen LogP contribution in [0.3, 0.4) is 0 Å². The molecule has 5 nitrogen and oxygen atoms in total. The van der Waals surface area contributed by atoms with Gasteiger partial charge in [-0.2, -0.15) is 0 Å². The van der Waals surface area contributed by atoms with Crippen LogP contribution in [0.2, 0.25) is 0 Å². The third-order valence-electron chi connectivity index (χ3n) is 4.29. The second kappa shape index (κ2) is 7.82. The van der Waals surface area contributed by atoms with Gasteiger partial charge < -0.3 is 20.5 Å². The predicted molar refractivity (Wildman–Crippen MR) is 113 cm³/mol. The molecule has 1 aliphatic carbocycles. The normalized spacial score (nSPS) is 14.8. The molecule has 1 aliphatic heterocycles. The van der Waals surface area contributed by atoms with E-state index >= 15 is 0 Å². The first-order valence-corrected chi connectivity index (χ1v) is 8.75. The van der Waals surface area contributed by atoms with Gasteiger partial charge in [-0.1, -0.05) is 6.07 Å². The molecule has 4 rings (SSSR count). The third kappa shape index (κ3) is 4.03. The zero-order valence-electron chi connectivity index (χ0n) is 13.5. The van der Waals surface area contributed by atoms with E-state index in [9.17, 15) is 0 Å². The zero-order valence-corrected chi connectivity index (χ0v) is 17.5. The van der Waals surface area contributed by atoms with Crippen LogP contribution in [0.5, 0.6) is 11.5 Å². The van der Waals surface area contributed by atoms with Crippen molar-refractivity contribution in [2.75, 3.05) is 12.1 Å². The first kappa shape index (κ1) is 18.3. The number of ether oxygens (including phenoxy) is 2. The standard InChI is InChI=1S/C18H18BrN3O2.HI/c19-15-6-11(7-16-17(15)24-10-23-16)9-21-18(20)22-14-5-4-12-2-1-3-13(12)8-14;/h4-8H,1-3,9-10H2,(H3,20,21,22);1H. The molecule has 132 valence electrons. The Morgan fingerprint density at radius 3 is 2.88 bits per heavy atom. The molecule has 3 N–H and O–H groups in total. The summed E-state index contributed by atoms with van der Waals surface area (Å²) < 4.78 is 11.7. The van der Waals surface area contributed by atoms with Crippen molar-refractivity contribution < 1.29 is 9.47 Å². The molecule has 2 aliphatic rings. The smallest absolute Gasteiger partial charge is 0.231 e. The Morgan fingerprint density at radius 1 is 1.16 bits per heavy atom. The lowest BCUT2D eigenvalue weighted by molar-refractivity contribution is 0.173. The molecule has 2 aromatic rings. The van der Waals surface area contributed by atoms with E-state index in [1.54, 1.807) is 0 Å². The molecule has 0 bridgehead atoms. The average Bonchev–Trinajstić information content (AvgIpc) is 3.21. The van der Waals surface area contributed by atoms with Crippen LogP contribution in [0.1, 0.15) is 23.1 Å². The molecule has 0 fully saturated rings. The average molecular weight is 516 g/mol. The number of aliphatic imine (C=N–C) groups is 1. The molecule has 7 heteroatoms. The number of guanidine groups is 1. The van der Waals surface area contributed by atoms with Crippen molar-refractivity contribution in [2.24, 2.45) is 10.7 Å². The highest BCUT2D eigenvalue weighted by molar-refractivity contribution is 14.0. The van der Waals surface area contributed by atoms with Crippen LogP contribution < -0.4 is 20.5 Å². The van der Waals surface area contributed by atoms with E-state index in [-0.39, 0.29) is 30.8 Å². The molecule has 25 heavy (non-hydrogen) atoms. The molecule has 0 aromatic heterocycles. The van der Waals surface area contributed by atoms with Gasteiger partial charge in [0, 0.05) is 5.69 Å². The minimum atomic E-state index is 0. The van der Waals surface area contributed by atoms with Gasteiger partial charge in [0.05, 0.1) is 11.0 Å². The minimum Gasteiger partial charge on any atom is -0.454 e. The summed E-state index contributed by atoms with van der Waals surface area (Å²) in [5, 5.41) is 3.17. The Hall–Kier alpha value is -1.48. The van der Waals surface area contributed by atoms with Gasteiger partial charge in [0.1, 0.15) is 0 Å². The van der Waals surface area contributed by atoms with Crippen molar-refractivity contribution in [2.45, 2.75) is 25.8 Å². The van der Waals surface area contributed by atoms with Gasteiger partial charge in [-0.15, -0.1) is 24.0 Å². The van der Waals surface area contributed by atoms with Crippen LogP contribution in [-0.2, 0) is 19.4 Å². The van der Waals surface area contributed by atoms with Crippen molar-refractivity contribution >= 4 is 51.6 Å². The third-order valence-corrected chi connectivity index (χ3v) is 4.88. The van der Waals surface area contributed by atoms with Crippen LogP contribution in [0.4, 0.5) is 5.69 Å². The number of aryl methyl sites for hydroxylation is 2. The lowest BCUT2D eigenvalue weighted by Crippen LogP contribution is -2.22. The molecule has 0 unspecified atom stereocenters. The molecule has 2 aromatic carbocycles. The Labute approximate surface area is 172 Å². The topological polar surface area (TPSA) is 68.9 Å². The second-order valence-corrected chi connectivity index (χ2v) is 6.83. The number of rotatable bonds is 3. The van der Waals surface area contributed by atoms with E-state index in [1.807, 2.05) is 12.1 Å². The Morgan fingerprint density at radius 2 is 2.00 bits per heavy atom. The highest BCUT2D eigenvalue weighted by Crippen LogP contribution is 2.40. The Kier molecular flexibility index (Phi) is 5.73. The molecular formula is C18H19BrIN3O2. The number of benzene rings is 2. The summed E-state index contributed by atoms with van der Waals surface area (Å²) in [4.78, 5) is 4.42.